The van der Waals surface area contributed by atoms with Crippen molar-refractivity contribution < 1.29 is 28.7 Å². The molecule has 7 atom stereocenters. The Balaban J connectivity index is 0.955. The third kappa shape index (κ3) is 13.4. The minimum atomic E-state index is -0.668. The average molecular weight is 1060 g/mol. The number of nitrogens with zero attached hydrogens (tertiary/aromatic N) is 4. The first-order chi connectivity index (χ1) is 36.3. The Kier molecular flexibility index (Phi) is 18.7. The SMILES string of the molecule is COC(=O)N[C@@H](CCSC)C(=O)N1C[C@H](C)C[C@H]1c1ncc(-c2ccc(/C(C)=C3/C=C\[C@H](C)CCc4ccc(cc4-c4ccc(-c5cnc([C@@H]6C[C@@H](C)CN6C(=O)[C@H](CCSC)NC(=O)OC)[nH]5)cc4)CC3)cc2)[nH]1. The molecule has 2 aliphatic carbocycles. The van der Waals surface area contributed by atoms with Crippen LogP contribution in [0.5, 0.6) is 0 Å². The molecular weight excluding hydrogens is 981 g/mol. The molecule has 75 heavy (non-hydrogen) atoms. The van der Waals surface area contributed by atoms with Gasteiger partial charge >= 0.3 is 12.2 Å². The van der Waals surface area contributed by atoms with E-state index >= 15 is 0 Å². The number of hydrogen-bond donors (Lipinski definition) is 4. The number of aryl methyl sites for hydroxylation is 2. The molecule has 0 unspecified atom stereocenters. The fourth-order valence-electron chi connectivity index (χ4n) is 10.8. The van der Waals surface area contributed by atoms with Crippen LogP contribution in [0.1, 0.15) is 107 Å². The van der Waals surface area contributed by atoms with Crippen molar-refractivity contribution in [1.29, 1.82) is 0 Å². The quantitative estimate of drug-likeness (QED) is 0.0744. The number of H-pyrrole nitrogens is 2. The number of hydrogen-bond acceptors (Lipinski definition) is 10. The van der Waals surface area contributed by atoms with Crippen LogP contribution in [-0.2, 0) is 31.9 Å². The number of allylic oxidation sites excluding steroid dienone is 4. The van der Waals surface area contributed by atoms with E-state index in [2.05, 4.69) is 127 Å². The number of thioether (sulfide) groups is 2. The fourth-order valence-corrected chi connectivity index (χ4v) is 11.7. The number of rotatable bonds is 16. The van der Waals surface area contributed by atoms with Crippen molar-refractivity contribution in [1.82, 2.24) is 40.4 Å². The number of nitrogens with one attached hydrogen (secondary N) is 4. The van der Waals surface area contributed by atoms with Gasteiger partial charge in [-0.05, 0) is 150 Å². The highest BCUT2D eigenvalue weighted by molar-refractivity contribution is 7.98. The zero-order chi connectivity index (χ0) is 53.2. The van der Waals surface area contributed by atoms with Crippen LogP contribution in [0.3, 0.4) is 0 Å². The summed E-state index contributed by atoms with van der Waals surface area (Å²) in [6.45, 7) is 10.0. The Bertz CT molecular complexity index is 2840. The van der Waals surface area contributed by atoms with E-state index in [1.54, 1.807) is 23.5 Å². The summed E-state index contributed by atoms with van der Waals surface area (Å²) in [6, 6.07) is 22.6. The van der Waals surface area contributed by atoms with E-state index in [-0.39, 0.29) is 35.7 Å². The second kappa shape index (κ2) is 25.5. The number of imidazole rings is 2. The number of aromatic nitrogens is 4. The summed E-state index contributed by atoms with van der Waals surface area (Å²) in [5.74, 6) is 3.70. The molecule has 2 aromatic heterocycles. The maximum absolute atomic E-state index is 13.9. The Morgan fingerprint density at radius 2 is 1.20 bits per heavy atom. The molecule has 3 aromatic carbocycles. The molecule has 2 fully saturated rings. The van der Waals surface area contributed by atoms with Crippen molar-refractivity contribution in [3.05, 3.63) is 125 Å². The summed E-state index contributed by atoms with van der Waals surface area (Å²) >= 11 is 3.27. The maximum Gasteiger partial charge on any atom is 0.407 e. The van der Waals surface area contributed by atoms with Gasteiger partial charge in [0.05, 0.1) is 50.1 Å². The fraction of sp³-hybridized carbons (Fsp3) is 0.458. The molecule has 4 heterocycles. The summed E-state index contributed by atoms with van der Waals surface area (Å²) in [4.78, 5) is 72.7. The van der Waals surface area contributed by atoms with Gasteiger partial charge in [-0.15, -0.1) is 0 Å². The van der Waals surface area contributed by atoms with Crippen molar-refractivity contribution in [2.24, 2.45) is 17.8 Å². The first-order valence-corrected chi connectivity index (χ1v) is 29.1. The second-order valence-corrected chi connectivity index (χ2v) is 22.6. The first kappa shape index (κ1) is 55.0. The van der Waals surface area contributed by atoms with Crippen LogP contribution in [0.25, 0.3) is 39.2 Å². The molecular formula is C59H74N8O6S2. The molecule has 0 saturated carbocycles. The second-order valence-electron chi connectivity index (χ2n) is 20.7. The standard InChI is InChI=1S/C59H74N8O6S2/c1-36-9-13-41(39(4)42-17-21-45(22-18-42)50-32-60-54(62-50)52-29-37(2)34-66(52)56(68)48(25-27-74-7)64-58(70)72-5)15-11-40-12-16-43(14-10-36)47(31-40)44-19-23-46(24-20-44)51-33-61-55(63-51)53-30-38(3)35-67(53)57(69)49(26-28-75-8)65-59(71)73-6/h9,12-13,16-24,31-33,36-38,48-49,52-53H,10-11,14-15,25-30,34-35H2,1-8H3,(H,60,62)(H,61,63)(H,64,70)(H,65,71)/b13-9-,41-39-/t36-,37+,38+,48-,49-,52-,53-/m0/s1. The van der Waals surface area contributed by atoms with Crippen LogP contribution in [-0.4, -0.2) is 117 Å². The Hall–Kier alpha value is -6.26. The number of alkyl carbamates (subject to hydrolysis) is 2. The Morgan fingerprint density at radius 1 is 0.693 bits per heavy atom. The van der Waals surface area contributed by atoms with Gasteiger partial charge in [-0.3, -0.25) is 9.59 Å². The molecule has 14 nitrogen and oxygen atoms in total. The van der Waals surface area contributed by atoms with Gasteiger partial charge in [0.2, 0.25) is 11.8 Å². The van der Waals surface area contributed by atoms with Gasteiger partial charge in [-0.1, -0.05) is 99.7 Å². The molecule has 4 amide bonds. The van der Waals surface area contributed by atoms with E-state index in [0.29, 0.717) is 31.8 Å². The van der Waals surface area contributed by atoms with E-state index < -0.39 is 24.3 Å². The zero-order valence-corrected chi connectivity index (χ0v) is 46.4. The number of benzene rings is 3. The lowest BCUT2D eigenvalue weighted by Crippen LogP contribution is -2.49. The molecule has 16 heteroatoms. The Morgan fingerprint density at radius 3 is 1.71 bits per heavy atom. The highest BCUT2D eigenvalue weighted by Gasteiger charge is 2.40. The molecule has 4 aliphatic rings. The van der Waals surface area contributed by atoms with Crippen LogP contribution >= 0.6 is 23.5 Å². The third-order valence-corrected chi connectivity index (χ3v) is 16.4. The minimum Gasteiger partial charge on any atom is -0.453 e. The third-order valence-electron chi connectivity index (χ3n) is 15.2. The lowest BCUT2D eigenvalue weighted by Gasteiger charge is -2.28. The van der Waals surface area contributed by atoms with Gasteiger partial charge in [-0.25, -0.2) is 19.6 Å². The predicted octanol–water partition coefficient (Wildman–Crippen LogP) is 11.5. The van der Waals surface area contributed by atoms with E-state index in [9.17, 15) is 19.2 Å². The highest BCUT2D eigenvalue weighted by atomic mass is 32.2. The number of amides is 4. The lowest BCUT2D eigenvalue weighted by atomic mass is 9.88. The molecule has 0 spiro atoms. The van der Waals surface area contributed by atoms with E-state index in [0.717, 1.165) is 84.2 Å². The van der Waals surface area contributed by atoms with Crippen molar-refractivity contribution >= 4 is 53.1 Å². The van der Waals surface area contributed by atoms with Gasteiger partial charge in [-0.2, -0.15) is 23.5 Å². The van der Waals surface area contributed by atoms with Gasteiger partial charge in [0.25, 0.3) is 0 Å². The highest BCUT2D eigenvalue weighted by Crippen LogP contribution is 2.38. The van der Waals surface area contributed by atoms with Crippen LogP contribution in [0.15, 0.2) is 96.8 Å². The molecule has 2 bridgehead atoms. The summed E-state index contributed by atoms with van der Waals surface area (Å²) in [5.41, 5.74) is 12.6. The Labute approximate surface area is 451 Å². The summed E-state index contributed by atoms with van der Waals surface area (Å²) in [5, 5.41) is 5.53. The van der Waals surface area contributed by atoms with E-state index in [1.165, 1.54) is 53.2 Å². The van der Waals surface area contributed by atoms with Gasteiger partial charge in [0.15, 0.2) is 0 Å². The summed E-state index contributed by atoms with van der Waals surface area (Å²) in [6.07, 6.45) is 17.6. The number of fused-ring (bicyclic) bond motifs is 8. The van der Waals surface area contributed by atoms with Crippen LogP contribution in [0.4, 0.5) is 9.59 Å². The number of aromatic amines is 2. The minimum absolute atomic E-state index is 0.112. The van der Waals surface area contributed by atoms with Crippen LogP contribution < -0.4 is 10.6 Å². The molecule has 2 aliphatic heterocycles. The van der Waals surface area contributed by atoms with Gasteiger partial charge in [0, 0.05) is 13.1 Å². The molecule has 4 N–H and O–H groups in total. The zero-order valence-electron chi connectivity index (χ0n) is 44.7. The van der Waals surface area contributed by atoms with Crippen LogP contribution in [0, 0.1) is 17.8 Å². The number of ether oxygens (including phenoxy) is 2. The largest absolute Gasteiger partial charge is 0.453 e. The van der Waals surface area contributed by atoms with Crippen molar-refractivity contribution in [3.63, 3.8) is 0 Å². The van der Waals surface area contributed by atoms with Crippen molar-refractivity contribution in [2.75, 3.05) is 51.3 Å². The first-order valence-electron chi connectivity index (χ1n) is 26.4. The van der Waals surface area contributed by atoms with Crippen molar-refractivity contribution in [2.45, 2.75) is 103 Å². The lowest BCUT2D eigenvalue weighted by molar-refractivity contribution is -0.135. The normalized spacial score (nSPS) is 21.7. The monoisotopic (exact) mass is 1050 g/mol. The summed E-state index contributed by atoms with van der Waals surface area (Å²) in [7, 11) is 2.63. The average Bonchev–Trinajstić information content (AvgIpc) is 4.27. The molecule has 2 saturated heterocycles. The molecule has 5 aromatic rings. The smallest absolute Gasteiger partial charge is 0.407 e. The van der Waals surface area contributed by atoms with Crippen molar-refractivity contribution in [3.8, 4) is 33.6 Å². The topological polar surface area (TPSA) is 175 Å². The number of carbonyl (C=O) groups is 4. The number of methoxy groups -OCH3 is 2. The number of carbonyl (C=O) groups excluding carboxylic acids is 4. The molecule has 398 valence electrons. The van der Waals surface area contributed by atoms with Crippen LogP contribution in [0.2, 0.25) is 0 Å². The predicted molar refractivity (Wildman–Crippen MR) is 302 cm³/mol. The maximum atomic E-state index is 13.9. The molecule has 9 rings (SSSR count). The van der Waals surface area contributed by atoms with Gasteiger partial charge in [0.1, 0.15) is 23.7 Å². The van der Waals surface area contributed by atoms with E-state index in [4.69, 9.17) is 19.4 Å². The summed E-state index contributed by atoms with van der Waals surface area (Å²) < 4.78 is 9.70. The van der Waals surface area contributed by atoms with Gasteiger partial charge < -0.3 is 39.9 Å². The van der Waals surface area contributed by atoms with E-state index in [1.807, 2.05) is 34.7 Å². The number of likely N-dealkylation sites (tertiary alicyclic amines) is 2. The molecule has 0 radical (unpaired) electrons.